The maximum absolute atomic E-state index is 13.0. The molecule has 0 N–H and O–H groups in total. The highest BCUT2D eigenvalue weighted by molar-refractivity contribution is 7.90. The Morgan fingerprint density at radius 1 is 0.968 bits per heavy atom. The molecule has 0 saturated carbocycles. The van der Waals surface area contributed by atoms with Crippen molar-refractivity contribution in [2.24, 2.45) is 0 Å². The molecule has 0 radical (unpaired) electrons. The second-order valence-electron chi connectivity index (χ2n) is 7.25. The minimum absolute atomic E-state index is 0.0782. The van der Waals surface area contributed by atoms with Gasteiger partial charge in [0.2, 0.25) is 0 Å². The lowest BCUT2D eigenvalue weighted by atomic mass is 9.96. The first kappa shape index (κ1) is 22.7. The van der Waals surface area contributed by atoms with Crippen molar-refractivity contribution in [1.82, 2.24) is 9.78 Å². The fourth-order valence-electron chi connectivity index (χ4n) is 3.28. The van der Waals surface area contributed by atoms with Gasteiger partial charge in [-0.1, -0.05) is 49.7 Å². The summed E-state index contributed by atoms with van der Waals surface area (Å²) in [5, 5.41) is 3.71. The molecule has 0 saturated heterocycles. The molecule has 9 heteroatoms. The van der Waals surface area contributed by atoms with Crippen LogP contribution in [0, 0.1) is 0 Å². The van der Waals surface area contributed by atoms with Crippen LogP contribution in [0.5, 0.6) is 0 Å². The van der Waals surface area contributed by atoms with Crippen LogP contribution in [0.2, 0.25) is 0 Å². The van der Waals surface area contributed by atoms with Crippen LogP contribution < -0.4 is 5.56 Å². The van der Waals surface area contributed by atoms with E-state index in [1.54, 1.807) is 12.1 Å². The van der Waals surface area contributed by atoms with Gasteiger partial charge in [-0.15, -0.1) is 0 Å². The minimum atomic E-state index is -4.60. The van der Waals surface area contributed by atoms with Gasteiger partial charge < -0.3 is 0 Å². The van der Waals surface area contributed by atoms with Gasteiger partial charge in [-0.05, 0) is 35.2 Å². The summed E-state index contributed by atoms with van der Waals surface area (Å²) in [5.41, 5.74) is 1.52. The summed E-state index contributed by atoms with van der Waals surface area (Å²) in [7, 11) is -3.42. The summed E-state index contributed by atoms with van der Waals surface area (Å²) in [6.07, 6.45) is -0.541. The van der Waals surface area contributed by atoms with Gasteiger partial charge in [0.05, 0.1) is 16.7 Å². The van der Waals surface area contributed by atoms with E-state index < -0.39 is 28.1 Å². The average Bonchev–Trinajstić information content (AvgIpc) is 2.69. The van der Waals surface area contributed by atoms with Gasteiger partial charge in [-0.25, -0.2) is 13.1 Å². The highest BCUT2D eigenvalue weighted by Gasteiger charge is 2.30. The number of aryl methyl sites for hydroxylation is 1. The zero-order chi connectivity index (χ0) is 22.8. The first-order valence-corrected chi connectivity index (χ1v) is 11.5. The Hall–Kier alpha value is -2.94. The Morgan fingerprint density at radius 2 is 1.55 bits per heavy atom. The molecule has 0 unspecified atom stereocenters. The Balaban J connectivity index is 2.19. The Kier molecular flexibility index (Phi) is 6.35. The van der Waals surface area contributed by atoms with E-state index in [-0.39, 0.29) is 10.5 Å². The molecular weight excluding hydrogens is 429 g/mol. The average molecular weight is 450 g/mol. The van der Waals surface area contributed by atoms with E-state index in [4.69, 9.17) is 0 Å². The topological polar surface area (TPSA) is 69.0 Å². The van der Waals surface area contributed by atoms with Gasteiger partial charge in [0, 0.05) is 11.8 Å². The summed E-state index contributed by atoms with van der Waals surface area (Å²) in [4.78, 5) is 13.1. The molecular formula is C22H21F3N2O3S. The minimum Gasteiger partial charge on any atom is -0.267 e. The normalized spacial score (nSPS) is 12.2. The van der Waals surface area contributed by atoms with E-state index in [2.05, 4.69) is 5.10 Å². The van der Waals surface area contributed by atoms with E-state index in [0.29, 0.717) is 21.4 Å². The molecule has 31 heavy (non-hydrogen) atoms. The third kappa shape index (κ3) is 5.41. The van der Waals surface area contributed by atoms with E-state index in [1.165, 1.54) is 30.5 Å². The van der Waals surface area contributed by atoms with Gasteiger partial charge in [-0.3, -0.25) is 4.79 Å². The molecule has 0 amide bonds. The number of halogens is 3. The molecule has 1 heterocycles. The summed E-state index contributed by atoms with van der Waals surface area (Å²) >= 11 is 0. The third-order valence-corrected chi connectivity index (χ3v) is 5.88. The molecule has 164 valence electrons. The van der Waals surface area contributed by atoms with Crippen molar-refractivity contribution in [2.45, 2.75) is 37.4 Å². The highest BCUT2D eigenvalue weighted by Crippen LogP contribution is 2.30. The number of sulfone groups is 1. The van der Waals surface area contributed by atoms with Crippen molar-refractivity contribution in [3.8, 4) is 22.3 Å². The first-order valence-electron chi connectivity index (χ1n) is 9.56. The van der Waals surface area contributed by atoms with Crippen molar-refractivity contribution >= 4 is 9.84 Å². The van der Waals surface area contributed by atoms with Crippen LogP contribution in [0.3, 0.4) is 0 Å². The number of aromatic nitrogens is 2. The number of hydrogen-bond acceptors (Lipinski definition) is 4. The number of benzene rings is 2. The largest absolute Gasteiger partial charge is 0.408 e. The molecule has 0 aliphatic rings. The lowest BCUT2D eigenvalue weighted by Gasteiger charge is -2.14. The standard InChI is InChI=1S/C22H21F3N2O3S/c1-3-4-15-5-7-17(8-6-15)20-19(13-26-27(21(20)28)14-22(23,24)25)16-9-11-18(12-10-16)31(2,29)30/h5-13H,3-4,14H2,1-2H3. The predicted octanol–water partition coefficient (Wildman–Crippen LogP) is 4.50. The molecule has 0 fully saturated rings. The van der Waals surface area contributed by atoms with Crippen LogP contribution >= 0.6 is 0 Å². The van der Waals surface area contributed by atoms with Crippen molar-refractivity contribution in [3.63, 3.8) is 0 Å². The monoisotopic (exact) mass is 450 g/mol. The van der Waals surface area contributed by atoms with Gasteiger partial charge in [0.25, 0.3) is 5.56 Å². The quantitative estimate of drug-likeness (QED) is 0.555. The molecule has 0 atom stereocenters. The molecule has 0 aliphatic heterocycles. The van der Waals surface area contributed by atoms with E-state index in [9.17, 15) is 26.4 Å². The first-order chi connectivity index (χ1) is 14.5. The molecule has 0 bridgehead atoms. The second kappa shape index (κ2) is 8.66. The molecule has 0 aliphatic carbocycles. The van der Waals surface area contributed by atoms with E-state index >= 15 is 0 Å². The fourth-order valence-corrected chi connectivity index (χ4v) is 3.91. The van der Waals surface area contributed by atoms with Crippen molar-refractivity contribution in [3.05, 3.63) is 70.6 Å². The van der Waals surface area contributed by atoms with Crippen molar-refractivity contribution in [1.29, 1.82) is 0 Å². The lowest BCUT2D eigenvalue weighted by Crippen LogP contribution is -2.31. The smallest absolute Gasteiger partial charge is 0.267 e. The van der Waals surface area contributed by atoms with Crippen molar-refractivity contribution < 1.29 is 21.6 Å². The molecule has 0 spiro atoms. The van der Waals surface area contributed by atoms with Crippen LogP contribution in [0.4, 0.5) is 13.2 Å². The Morgan fingerprint density at radius 3 is 2.06 bits per heavy atom. The fraction of sp³-hybridized carbons (Fsp3) is 0.273. The zero-order valence-electron chi connectivity index (χ0n) is 17.0. The zero-order valence-corrected chi connectivity index (χ0v) is 17.8. The lowest BCUT2D eigenvalue weighted by molar-refractivity contribution is -0.143. The summed E-state index contributed by atoms with van der Waals surface area (Å²) in [6, 6.07) is 12.9. The summed E-state index contributed by atoms with van der Waals surface area (Å²) in [5.74, 6) is 0. The number of alkyl halides is 3. The number of hydrogen-bond donors (Lipinski definition) is 0. The van der Waals surface area contributed by atoms with Crippen LogP contribution in [-0.2, 0) is 22.8 Å². The third-order valence-electron chi connectivity index (χ3n) is 4.75. The Labute approximate surface area is 178 Å². The second-order valence-corrected chi connectivity index (χ2v) is 9.27. The number of nitrogens with zero attached hydrogens (tertiary/aromatic N) is 2. The van der Waals surface area contributed by atoms with Gasteiger partial charge in [0.15, 0.2) is 9.84 Å². The summed E-state index contributed by atoms with van der Waals surface area (Å²) < 4.78 is 62.6. The van der Waals surface area contributed by atoms with Crippen LogP contribution in [-0.4, -0.2) is 30.6 Å². The Bertz CT molecular complexity index is 1230. The molecule has 1 aromatic heterocycles. The maximum Gasteiger partial charge on any atom is 0.408 e. The molecule has 5 nitrogen and oxygen atoms in total. The number of rotatable bonds is 6. The van der Waals surface area contributed by atoms with E-state index in [0.717, 1.165) is 24.7 Å². The SMILES string of the molecule is CCCc1ccc(-c2c(-c3ccc(S(C)(=O)=O)cc3)cnn(CC(F)(F)F)c2=O)cc1. The van der Waals surface area contributed by atoms with Gasteiger partial charge in [-0.2, -0.15) is 18.3 Å². The predicted molar refractivity (Wildman–Crippen MR) is 113 cm³/mol. The van der Waals surface area contributed by atoms with Crippen LogP contribution in [0.25, 0.3) is 22.3 Å². The molecule has 3 rings (SSSR count). The van der Waals surface area contributed by atoms with E-state index in [1.807, 2.05) is 19.1 Å². The van der Waals surface area contributed by atoms with Gasteiger partial charge >= 0.3 is 6.18 Å². The summed E-state index contributed by atoms with van der Waals surface area (Å²) in [6.45, 7) is 0.533. The van der Waals surface area contributed by atoms with Gasteiger partial charge in [0.1, 0.15) is 6.54 Å². The maximum atomic E-state index is 13.0. The van der Waals surface area contributed by atoms with Crippen molar-refractivity contribution in [2.75, 3.05) is 6.26 Å². The molecule has 2 aromatic carbocycles. The van der Waals surface area contributed by atoms with Crippen LogP contribution in [0.15, 0.2) is 64.4 Å². The highest BCUT2D eigenvalue weighted by atomic mass is 32.2. The molecule has 3 aromatic rings. The van der Waals surface area contributed by atoms with Crippen LogP contribution in [0.1, 0.15) is 18.9 Å².